The van der Waals surface area contributed by atoms with Crippen molar-refractivity contribution in [3.8, 4) is 0 Å². The number of hydrogen-bond donors (Lipinski definition) is 1. The maximum absolute atomic E-state index is 12.5. The van der Waals surface area contributed by atoms with E-state index < -0.39 is 6.04 Å². The first-order chi connectivity index (χ1) is 9.51. The molecule has 1 aliphatic rings. The van der Waals surface area contributed by atoms with Crippen molar-refractivity contribution in [2.24, 2.45) is 5.73 Å². The van der Waals surface area contributed by atoms with Gasteiger partial charge in [0, 0.05) is 13.1 Å². The lowest BCUT2D eigenvalue weighted by atomic mass is 10.0. The molecule has 0 aromatic heterocycles. The summed E-state index contributed by atoms with van der Waals surface area (Å²) < 4.78 is 5.78. The molecule has 0 radical (unpaired) electrons. The first-order valence-electron chi connectivity index (χ1n) is 7.27. The van der Waals surface area contributed by atoms with Gasteiger partial charge in [-0.25, -0.2) is 0 Å². The average Bonchev–Trinajstić information content (AvgIpc) is 2.45. The highest BCUT2D eigenvalue weighted by Crippen LogP contribution is 2.19. The van der Waals surface area contributed by atoms with Crippen LogP contribution < -0.4 is 5.73 Å². The number of nitrogens with two attached hydrogens (primary N) is 1. The maximum atomic E-state index is 12.5. The number of hydrogen-bond acceptors (Lipinski definition) is 3. The van der Waals surface area contributed by atoms with E-state index >= 15 is 0 Å². The van der Waals surface area contributed by atoms with Crippen LogP contribution in [-0.2, 0) is 9.53 Å². The van der Waals surface area contributed by atoms with E-state index in [-0.39, 0.29) is 18.1 Å². The lowest BCUT2D eigenvalue weighted by Gasteiger charge is -2.37. The zero-order chi connectivity index (χ0) is 14.7. The highest BCUT2D eigenvalue weighted by atomic mass is 16.5. The van der Waals surface area contributed by atoms with Gasteiger partial charge >= 0.3 is 0 Å². The number of carbonyl (C=O) groups excluding carboxylic acids is 1. The van der Waals surface area contributed by atoms with Crippen LogP contribution in [0.1, 0.15) is 37.4 Å². The van der Waals surface area contributed by atoms with Crippen molar-refractivity contribution in [1.29, 1.82) is 0 Å². The van der Waals surface area contributed by atoms with Crippen LogP contribution in [0, 0.1) is 6.92 Å². The number of aryl methyl sites for hydroxylation is 1. The molecule has 0 aliphatic carbocycles. The van der Waals surface area contributed by atoms with Crippen molar-refractivity contribution in [2.45, 2.75) is 45.4 Å². The zero-order valence-electron chi connectivity index (χ0n) is 12.5. The predicted octanol–water partition coefficient (Wildman–Crippen LogP) is 2.02. The maximum Gasteiger partial charge on any atom is 0.244 e. The third kappa shape index (κ3) is 3.38. The molecule has 1 aliphatic heterocycles. The quantitative estimate of drug-likeness (QED) is 0.919. The summed E-state index contributed by atoms with van der Waals surface area (Å²) >= 11 is 0. The molecule has 20 heavy (non-hydrogen) atoms. The second-order valence-corrected chi connectivity index (χ2v) is 5.61. The van der Waals surface area contributed by atoms with Gasteiger partial charge in [-0.1, -0.05) is 36.8 Å². The summed E-state index contributed by atoms with van der Waals surface area (Å²) in [7, 11) is 0. The Morgan fingerprint density at radius 2 is 2.05 bits per heavy atom. The lowest BCUT2D eigenvalue weighted by Crippen LogP contribution is -2.51. The third-order valence-corrected chi connectivity index (χ3v) is 3.80. The molecule has 1 heterocycles. The van der Waals surface area contributed by atoms with Crippen molar-refractivity contribution in [3.05, 3.63) is 35.4 Å². The molecule has 1 aromatic rings. The number of rotatable bonds is 3. The largest absolute Gasteiger partial charge is 0.372 e. The van der Waals surface area contributed by atoms with Gasteiger partial charge in [-0.15, -0.1) is 0 Å². The van der Waals surface area contributed by atoms with E-state index in [9.17, 15) is 4.79 Å². The smallest absolute Gasteiger partial charge is 0.244 e. The summed E-state index contributed by atoms with van der Waals surface area (Å²) in [4.78, 5) is 14.4. The minimum atomic E-state index is -0.585. The van der Waals surface area contributed by atoms with Crippen LogP contribution >= 0.6 is 0 Å². The fourth-order valence-electron chi connectivity index (χ4n) is 2.56. The van der Waals surface area contributed by atoms with Crippen molar-refractivity contribution in [3.63, 3.8) is 0 Å². The Hall–Kier alpha value is -1.39. The minimum Gasteiger partial charge on any atom is -0.372 e. The monoisotopic (exact) mass is 276 g/mol. The summed E-state index contributed by atoms with van der Waals surface area (Å²) in [5.41, 5.74) is 8.15. The Bertz CT molecular complexity index is 458. The zero-order valence-corrected chi connectivity index (χ0v) is 12.5. The van der Waals surface area contributed by atoms with Crippen LogP contribution in [0.5, 0.6) is 0 Å². The fraction of sp³-hybridized carbons (Fsp3) is 0.562. The second-order valence-electron chi connectivity index (χ2n) is 5.61. The van der Waals surface area contributed by atoms with Crippen LogP contribution in [0.15, 0.2) is 24.3 Å². The number of morpholine rings is 1. The van der Waals surface area contributed by atoms with Crippen molar-refractivity contribution < 1.29 is 9.53 Å². The minimum absolute atomic E-state index is 0.0116. The second kappa shape index (κ2) is 6.37. The van der Waals surface area contributed by atoms with Gasteiger partial charge in [0.05, 0.1) is 12.2 Å². The molecule has 1 amide bonds. The number of nitrogens with zero attached hydrogens (tertiary/aromatic N) is 1. The van der Waals surface area contributed by atoms with Crippen LogP contribution in [-0.4, -0.2) is 36.1 Å². The summed E-state index contributed by atoms with van der Waals surface area (Å²) in [6.45, 7) is 7.35. The molecule has 4 nitrogen and oxygen atoms in total. The topological polar surface area (TPSA) is 55.6 Å². The predicted molar refractivity (Wildman–Crippen MR) is 79.3 cm³/mol. The Morgan fingerprint density at radius 3 is 2.65 bits per heavy atom. The summed E-state index contributed by atoms with van der Waals surface area (Å²) in [6, 6.07) is 7.25. The van der Waals surface area contributed by atoms with E-state index in [0.717, 1.165) is 12.0 Å². The number of ether oxygens (including phenoxy) is 1. The Morgan fingerprint density at radius 1 is 1.40 bits per heavy atom. The van der Waals surface area contributed by atoms with Gasteiger partial charge in [0.1, 0.15) is 6.04 Å². The van der Waals surface area contributed by atoms with Gasteiger partial charge in [0.25, 0.3) is 0 Å². The molecule has 2 rings (SSSR count). The Labute approximate surface area is 120 Å². The molecule has 3 unspecified atom stereocenters. The molecule has 0 bridgehead atoms. The highest BCUT2D eigenvalue weighted by molar-refractivity contribution is 5.83. The van der Waals surface area contributed by atoms with Crippen molar-refractivity contribution in [1.82, 2.24) is 4.90 Å². The van der Waals surface area contributed by atoms with Crippen LogP contribution in [0.2, 0.25) is 0 Å². The molecule has 3 atom stereocenters. The van der Waals surface area contributed by atoms with E-state index in [1.807, 2.05) is 43.0 Å². The molecule has 110 valence electrons. The van der Waals surface area contributed by atoms with Gasteiger partial charge < -0.3 is 15.4 Å². The van der Waals surface area contributed by atoms with Crippen molar-refractivity contribution >= 4 is 5.91 Å². The lowest BCUT2D eigenvalue weighted by molar-refractivity contribution is -0.146. The van der Waals surface area contributed by atoms with Crippen LogP contribution in [0.3, 0.4) is 0 Å². The molecule has 0 saturated carbocycles. The summed E-state index contributed by atoms with van der Waals surface area (Å²) in [5, 5.41) is 0. The fourth-order valence-corrected chi connectivity index (χ4v) is 2.56. The summed E-state index contributed by atoms with van der Waals surface area (Å²) in [6.07, 6.45) is 1.10. The van der Waals surface area contributed by atoms with Crippen LogP contribution in [0.25, 0.3) is 0 Å². The number of benzene rings is 1. The molecule has 4 heteroatoms. The Kier molecular flexibility index (Phi) is 4.78. The number of amides is 1. The molecular formula is C16H24N2O2. The Balaban J connectivity index is 2.07. The van der Waals surface area contributed by atoms with E-state index in [0.29, 0.717) is 13.1 Å². The molecule has 1 saturated heterocycles. The van der Waals surface area contributed by atoms with Gasteiger partial charge in [0.2, 0.25) is 5.91 Å². The van der Waals surface area contributed by atoms with Gasteiger partial charge in [-0.3, -0.25) is 4.79 Å². The molecule has 2 N–H and O–H groups in total. The van der Waals surface area contributed by atoms with Gasteiger partial charge in [-0.2, -0.15) is 0 Å². The number of carbonyl (C=O) groups is 1. The van der Waals surface area contributed by atoms with E-state index in [4.69, 9.17) is 10.5 Å². The third-order valence-electron chi connectivity index (χ3n) is 3.80. The van der Waals surface area contributed by atoms with E-state index in [2.05, 4.69) is 6.92 Å². The first kappa shape index (κ1) is 15.0. The van der Waals surface area contributed by atoms with E-state index in [1.54, 1.807) is 0 Å². The van der Waals surface area contributed by atoms with Gasteiger partial charge in [-0.05, 0) is 25.8 Å². The highest BCUT2D eigenvalue weighted by Gasteiger charge is 2.30. The standard InChI is InChI=1S/C16H24N2O2/c1-4-14-10-18(9-12(3)20-14)16(19)15(17)13-7-5-11(2)6-8-13/h5-8,12,14-15H,4,9-10,17H2,1-3H3. The normalized spacial score (nSPS) is 24.5. The molecular weight excluding hydrogens is 252 g/mol. The first-order valence-corrected chi connectivity index (χ1v) is 7.27. The van der Waals surface area contributed by atoms with Gasteiger partial charge in [0.15, 0.2) is 0 Å². The van der Waals surface area contributed by atoms with Crippen molar-refractivity contribution in [2.75, 3.05) is 13.1 Å². The molecule has 1 fully saturated rings. The molecule has 0 spiro atoms. The SMILES string of the molecule is CCC1CN(C(=O)C(N)c2ccc(C)cc2)CC(C)O1. The average molecular weight is 276 g/mol. The molecule has 1 aromatic carbocycles. The van der Waals surface area contributed by atoms with Crippen LogP contribution in [0.4, 0.5) is 0 Å². The van der Waals surface area contributed by atoms with E-state index in [1.165, 1.54) is 5.56 Å². The summed E-state index contributed by atoms with van der Waals surface area (Å²) in [5.74, 6) is -0.0116.